The molecule has 4 heterocycles. The minimum absolute atomic E-state index is 0.134. The van der Waals surface area contributed by atoms with E-state index in [4.69, 9.17) is 33.2 Å². The Morgan fingerprint density at radius 1 is 0.714 bits per heavy atom. The monoisotopic (exact) mass is 702 g/mol. The van der Waals surface area contributed by atoms with E-state index in [1.807, 2.05) is 0 Å². The summed E-state index contributed by atoms with van der Waals surface area (Å²) in [4.78, 5) is 35.7. The molecule has 0 aromatic rings. The van der Waals surface area contributed by atoms with Crippen LogP contribution in [-0.2, 0) is 47.5 Å². The highest BCUT2D eigenvalue weighted by atomic mass is 16.7. The number of carbonyl (C=O) groups is 3. The molecular formula is C35H58O14. The normalized spacial score (nSPS) is 36.2. The maximum absolute atomic E-state index is 12.7. The molecule has 14 nitrogen and oxygen atoms in total. The minimum atomic E-state index is -1.56. The molecule has 4 aliphatic rings. The predicted octanol–water partition coefficient (Wildman–Crippen LogP) is 2.25. The molecule has 0 aliphatic carbocycles. The van der Waals surface area contributed by atoms with Gasteiger partial charge in [-0.15, -0.1) is 0 Å². The van der Waals surface area contributed by atoms with Crippen molar-refractivity contribution in [2.24, 2.45) is 5.92 Å². The number of hydrogen-bond acceptors (Lipinski definition) is 14. The maximum Gasteiger partial charge on any atom is 0.306 e. The summed E-state index contributed by atoms with van der Waals surface area (Å²) in [6, 6.07) is 0. The number of ether oxygens (including phenoxy) is 7. The van der Waals surface area contributed by atoms with E-state index in [2.05, 4.69) is 12.2 Å². The molecule has 2 fully saturated rings. The van der Waals surface area contributed by atoms with Gasteiger partial charge in [-0.2, -0.15) is 0 Å². The number of rotatable bonds is 4. The SMILES string of the molecule is CC(=O)OC[C@H]1O[C@H]2OCCCCCCC/C=C\CCCCCCCC(=O)O[C@H]3[C@H](O)[C@@H](O)[C@H](COC[C@@H]2[C@@H](O)[C@@H]1O)O[C@@H]3COC(C)=O. The van der Waals surface area contributed by atoms with Gasteiger partial charge in [-0.1, -0.05) is 50.7 Å². The van der Waals surface area contributed by atoms with Crippen LogP contribution < -0.4 is 0 Å². The fourth-order valence-corrected chi connectivity index (χ4v) is 6.22. The van der Waals surface area contributed by atoms with Gasteiger partial charge in [-0.25, -0.2) is 0 Å². The molecule has 4 rings (SSSR count). The van der Waals surface area contributed by atoms with Crippen LogP contribution in [0.1, 0.15) is 97.3 Å². The molecule has 2 bridgehead atoms. The van der Waals surface area contributed by atoms with Crippen LogP contribution in [-0.4, -0.2) is 126 Å². The highest BCUT2D eigenvalue weighted by Crippen LogP contribution is 2.30. The first-order valence-corrected chi connectivity index (χ1v) is 17.9. The van der Waals surface area contributed by atoms with Gasteiger partial charge in [0.15, 0.2) is 12.4 Å². The topological polar surface area (TPSA) is 197 Å². The summed E-state index contributed by atoms with van der Waals surface area (Å²) in [5.74, 6) is -2.58. The maximum atomic E-state index is 12.7. The van der Waals surface area contributed by atoms with Crippen LogP contribution in [0.2, 0.25) is 0 Å². The molecule has 0 spiro atoms. The molecule has 0 aromatic heterocycles. The van der Waals surface area contributed by atoms with E-state index in [0.717, 1.165) is 70.6 Å². The fourth-order valence-electron chi connectivity index (χ4n) is 6.22. The van der Waals surface area contributed by atoms with E-state index in [1.54, 1.807) is 0 Å². The smallest absolute Gasteiger partial charge is 0.306 e. The Morgan fingerprint density at radius 3 is 1.96 bits per heavy atom. The van der Waals surface area contributed by atoms with Gasteiger partial charge in [-0.3, -0.25) is 14.4 Å². The molecule has 0 unspecified atom stereocenters. The number of fused-ring (bicyclic) bond motifs is 21. The van der Waals surface area contributed by atoms with Crippen molar-refractivity contribution in [3.05, 3.63) is 12.2 Å². The molecule has 0 aromatic carbocycles. The van der Waals surface area contributed by atoms with Crippen LogP contribution in [0, 0.1) is 5.92 Å². The van der Waals surface area contributed by atoms with Gasteiger partial charge in [0, 0.05) is 26.9 Å². The van der Waals surface area contributed by atoms with Crippen LogP contribution in [0.4, 0.5) is 0 Å². The molecule has 2 saturated heterocycles. The average Bonchev–Trinajstić information content (AvgIpc) is 3.06. The Balaban J connectivity index is 1.70. The number of aliphatic hydroxyl groups excluding tert-OH is 4. The molecule has 0 radical (unpaired) electrons. The van der Waals surface area contributed by atoms with Crippen molar-refractivity contribution in [3.63, 3.8) is 0 Å². The quantitative estimate of drug-likeness (QED) is 0.189. The van der Waals surface area contributed by atoms with Crippen molar-refractivity contribution in [2.75, 3.05) is 33.0 Å². The van der Waals surface area contributed by atoms with E-state index in [0.29, 0.717) is 13.0 Å². The first-order valence-electron chi connectivity index (χ1n) is 17.9. The highest BCUT2D eigenvalue weighted by Gasteiger charge is 2.48. The fraction of sp³-hybridized carbons (Fsp3) is 0.857. The van der Waals surface area contributed by atoms with Crippen molar-refractivity contribution >= 4 is 17.9 Å². The first-order chi connectivity index (χ1) is 23.6. The molecule has 0 amide bonds. The zero-order valence-corrected chi connectivity index (χ0v) is 29.0. The number of hydrogen-bond donors (Lipinski definition) is 4. The summed E-state index contributed by atoms with van der Waals surface area (Å²) in [5.41, 5.74) is 0. The molecule has 0 saturated carbocycles. The predicted molar refractivity (Wildman–Crippen MR) is 174 cm³/mol. The van der Waals surface area contributed by atoms with Gasteiger partial charge in [0.1, 0.15) is 49.8 Å². The van der Waals surface area contributed by atoms with Crippen molar-refractivity contribution in [1.82, 2.24) is 0 Å². The number of esters is 3. The zero-order valence-electron chi connectivity index (χ0n) is 29.0. The summed E-state index contributed by atoms with van der Waals surface area (Å²) in [6.45, 7) is 1.71. The Labute approximate surface area is 289 Å². The lowest BCUT2D eigenvalue weighted by molar-refractivity contribution is -0.295. The van der Waals surface area contributed by atoms with E-state index in [9.17, 15) is 34.8 Å². The van der Waals surface area contributed by atoms with Crippen molar-refractivity contribution in [3.8, 4) is 0 Å². The largest absolute Gasteiger partial charge is 0.463 e. The number of aliphatic hydroxyl groups is 4. The van der Waals surface area contributed by atoms with Crippen LogP contribution in [0.5, 0.6) is 0 Å². The van der Waals surface area contributed by atoms with Gasteiger partial charge in [0.05, 0.1) is 25.2 Å². The molecule has 282 valence electrons. The van der Waals surface area contributed by atoms with Crippen LogP contribution in [0.15, 0.2) is 12.2 Å². The molecule has 14 heteroatoms. The van der Waals surface area contributed by atoms with Crippen LogP contribution in [0.3, 0.4) is 0 Å². The van der Waals surface area contributed by atoms with Crippen LogP contribution in [0.25, 0.3) is 0 Å². The van der Waals surface area contributed by atoms with E-state index in [1.165, 1.54) is 13.8 Å². The second-order valence-electron chi connectivity index (χ2n) is 13.2. The minimum Gasteiger partial charge on any atom is -0.463 e. The summed E-state index contributed by atoms with van der Waals surface area (Å²) in [5, 5.41) is 43.7. The van der Waals surface area contributed by atoms with Gasteiger partial charge >= 0.3 is 17.9 Å². The Bertz CT molecular complexity index is 1010. The lowest BCUT2D eigenvalue weighted by atomic mass is 9.91. The lowest BCUT2D eigenvalue weighted by Gasteiger charge is -2.43. The third kappa shape index (κ3) is 14.5. The third-order valence-corrected chi connectivity index (χ3v) is 9.09. The molecule has 4 N–H and O–H groups in total. The van der Waals surface area contributed by atoms with Crippen LogP contribution >= 0.6 is 0 Å². The Morgan fingerprint density at radius 2 is 1.31 bits per heavy atom. The van der Waals surface area contributed by atoms with Gasteiger partial charge in [0.2, 0.25) is 0 Å². The number of carbonyl (C=O) groups excluding carboxylic acids is 3. The van der Waals surface area contributed by atoms with Crippen molar-refractivity contribution in [1.29, 1.82) is 0 Å². The van der Waals surface area contributed by atoms with Crippen molar-refractivity contribution in [2.45, 2.75) is 152 Å². The van der Waals surface area contributed by atoms with Gasteiger partial charge in [0.25, 0.3) is 0 Å². The molecular weight excluding hydrogens is 644 g/mol. The van der Waals surface area contributed by atoms with Gasteiger partial charge in [-0.05, 0) is 38.5 Å². The van der Waals surface area contributed by atoms with Crippen molar-refractivity contribution < 1.29 is 68.0 Å². The highest BCUT2D eigenvalue weighted by molar-refractivity contribution is 5.69. The molecule has 4 aliphatic heterocycles. The summed E-state index contributed by atoms with van der Waals surface area (Å²) < 4.78 is 39.4. The molecule has 10 atom stereocenters. The average molecular weight is 703 g/mol. The third-order valence-electron chi connectivity index (χ3n) is 9.09. The standard InChI is InChI=1S/C35H58O14/c1-23(36)45-21-27-31(40)30(39)25-19-43-20-26-32(41)33(42)34(28(47-26)22-46-24(2)37)49-29(38)17-15-13-11-9-7-5-3-4-6-8-10-12-14-16-18-44-35(25)48-27/h3-4,25-28,30-35,39-42H,5-22H2,1-2H3/b4-3-/t25-,26+,27-,28-,30-,31-,32+,33-,34-,35-/m1/s1. The zero-order chi connectivity index (χ0) is 35.6. The number of allylic oxidation sites excluding steroid dienone is 2. The second kappa shape index (κ2) is 22.6. The van der Waals surface area contributed by atoms with E-state index < -0.39 is 78.9 Å². The summed E-state index contributed by atoms with van der Waals surface area (Å²) in [7, 11) is 0. The Hall–Kier alpha value is -2.17. The summed E-state index contributed by atoms with van der Waals surface area (Å²) in [6.07, 6.45) is 4.89. The molecule has 49 heavy (non-hydrogen) atoms. The summed E-state index contributed by atoms with van der Waals surface area (Å²) >= 11 is 0. The second-order valence-corrected chi connectivity index (χ2v) is 13.2. The Kier molecular flexibility index (Phi) is 19.0. The van der Waals surface area contributed by atoms with Gasteiger partial charge < -0.3 is 53.6 Å². The lowest BCUT2D eigenvalue weighted by Crippen LogP contribution is -2.61. The first kappa shape index (κ1) is 41.3. The van der Waals surface area contributed by atoms with E-state index in [-0.39, 0.29) is 32.8 Å². The van der Waals surface area contributed by atoms with E-state index >= 15 is 0 Å².